The maximum atomic E-state index is 2.71. The van der Waals surface area contributed by atoms with Gasteiger partial charge < -0.3 is 0 Å². The zero-order valence-corrected chi connectivity index (χ0v) is 28.9. The summed E-state index contributed by atoms with van der Waals surface area (Å²) in [6, 6.07) is 0. The van der Waals surface area contributed by atoms with Crippen LogP contribution in [0.4, 0.5) is 0 Å². The molecule has 0 radical (unpaired) electrons. The van der Waals surface area contributed by atoms with Gasteiger partial charge in [-0.05, 0) is 90.8 Å². The monoisotopic (exact) mass is 545 g/mol. The highest BCUT2D eigenvalue weighted by Crippen LogP contribution is 2.69. The van der Waals surface area contributed by atoms with Crippen molar-refractivity contribution in [3.05, 3.63) is 0 Å². The number of fused-ring (bicyclic) bond motifs is 1. The van der Waals surface area contributed by atoms with Crippen LogP contribution in [0.2, 0.25) is 0 Å². The molecule has 2 rings (SSSR count). The standard InChI is InChI=1S/C39H76/c1-10-16-18-24-34(11-2)25-20-17-19-23-32(8)36(13-4)39-30-28-33(9)37(39)35(12-3)27-26-31(7)22-21-29-38(39,14-5)15-6/h31-37H,10-30H2,1-9H3. The lowest BCUT2D eigenvalue weighted by atomic mass is 9.44. The molecule has 0 aromatic rings. The van der Waals surface area contributed by atoms with Crippen molar-refractivity contribution >= 4 is 0 Å². The van der Waals surface area contributed by atoms with Crippen molar-refractivity contribution < 1.29 is 0 Å². The molecule has 2 saturated carbocycles. The Morgan fingerprint density at radius 2 is 1.36 bits per heavy atom. The Balaban J connectivity index is 2.24. The van der Waals surface area contributed by atoms with E-state index in [1.807, 2.05) is 0 Å². The highest BCUT2D eigenvalue weighted by molar-refractivity contribution is 5.11. The van der Waals surface area contributed by atoms with Gasteiger partial charge in [0.25, 0.3) is 0 Å². The van der Waals surface area contributed by atoms with Crippen LogP contribution >= 0.6 is 0 Å². The predicted octanol–water partition coefficient (Wildman–Crippen LogP) is 13.7. The van der Waals surface area contributed by atoms with E-state index < -0.39 is 0 Å². The summed E-state index contributed by atoms with van der Waals surface area (Å²) in [6.45, 7) is 23.1. The van der Waals surface area contributed by atoms with Gasteiger partial charge in [0, 0.05) is 0 Å². The minimum Gasteiger partial charge on any atom is -0.0654 e. The molecule has 2 fully saturated rings. The molecule has 0 N–H and O–H groups in total. The highest BCUT2D eigenvalue weighted by Gasteiger charge is 2.62. The molecule has 0 saturated heterocycles. The van der Waals surface area contributed by atoms with Gasteiger partial charge in [-0.1, -0.05) is 159 Å². The van der Waals surface area contributed by atoms with E-state index in [0.717, 1.165) is 41.4 Å². The van der Waals surface area contributed by atoms with Crippen molar-refractivity contribution in [3.8, 4) is 0 Å². The second-order valence-corrected chi connectivity index (χ2v) is 15.2. The van der Waals surface area contributed by atoms with Gasteiger partial charge in [0.1, 0.15) is 0 Å². The van der Waals surface area contributed by atoms with E-state index in [2.05, 4.69) is 62.3 Å². The summed E-state index contributed by atoms with van der Waals surface area (Å²) in [6.07, 6.45) is 30.6. The summed E-state index contributed by atoms with van der Waals surface area (Å²) in [5.41, 5.74) is 1.12. The first-order valence-corrected chi connectivity index (χ1v) is 18.8. The molecule has 0 nitrogen and oxygen atoms in total. The Hall–Kier alpha value is 0. The van der Waals surface area contributed by atoms with Crippen molar-refractivity contribution in [1.82, 2.24) is 0 Å². The fourth-order valence-corrected chi connectivity index (χ4v) is 11.0. The fraction of sp³-hybridized carbons (Fsp3) is 1.00. The lowest BCUT2D eigenvalue weighted by Crippen LogP contribution is -2.54. The molecule has 0 spiro atoms. The highest BCUT2D eigenvalue weighted by atomic mass is 14.7. The molecule has 2 aliphatic rings. The maximum Gasteiger partial charge on any atom is -0.0177 e. The van der Waals surface area contributed by atoms with E-state index in [0.29, 0.717) is 10.8 Å². The second-order valence-electron chi connectivity index (χ2n) is 15.2. The van der Waals surface area contributed by atoms with Crippen LogP contribution in [-0.4, -0.2) is 0 Å². The van der Waals surface area contributed by atoms with Gasteiger partial charge in [0.05, 0.1) is 0 Å². The summed E-state index contributed by atoms with van der Waals surface area (Å²) in [5.74, 6) is 6.52. The first-order valence-electron chi connectivity index (χ1n) is 18.8. The molecule has 39 heavy (non-hydrogen) atoms. The molecule has 8 atom stereocenters. The molecule has 2 aliphatic carbocycles. The van der Waals surface area contributed by atoms with Gasteiger partial charge in [-0.2, -0.15) is 0 Å². The number of hydrogen-bond donors (Lipinski definition) is 0. The van der Waals surface area contributed by atoms with Gasteiger partial charge in [-0.3, -0.25) is 0 Å². The van der Waals surface area contributed by atoms with Crippen LogP contribution in [0.1, 0.15) is 197 Å². The summed E-state index contributed by atoms with van der Waals surface area (Å²) >= 11 is 0. The molecule has 8 unspecified atom stereocenters. The van der Waals surface area contributed by atoms with Crippen LogP contribution in [0.5, 0.6) is 0 Å². The number of unbranched alkanes of at least 4 members (excludes halogenated alkanes) is 4. The molecule has 232 valence electrons. The quantitative estimate of drug-likeness (QED) is 0.160. The third kappa shape index (κ3) is 8.53. The Morgan fingerprint density at radius 3 is 1.95 bits per heavy atom. The molecule has 0 amide bonds. The van der Waals surface area contributed by atoms with Gasteiger partial charge in [-0.25, -0.2) is 0 Å². The molecule has 0 aromatic carbocycles. The van der Waals surface area contributed by atoms with E-state index >= 15 is 0 Å². The molecular formula is C39H76. The molecule has 0 heteroatoms. The minimum atomic E-state index is 0.550. The van der Waals surface area contributed by atoms with Gasteiger partial charge in [0.15, 0.2) is 0 Å². The Kier molecular flexibility index (Phi) is 16.1. The summed E-state index contributed by atoms with van der Waals surface area (Å²) in [4.78, 5) is 0. The first-order chi connectivity index (χ1) is 18.8. The Bertz CT molecular complexity index is 616. The van der Waals surface area contributed by atoms with E-state index in [9.17, 15) is 0 Å². The third-order valence-electron chi connectivity index (χ3n) is 13.3. The zero-order valence-electron chi connectivity index (χ0n) is 28.9. The van der Waals surface area contributed by atoms with Crippen molar-refractivity contribution in [2.45, 2.75) is 197 Å². The Labute approximate surface area is 249 Å². The maximum absolute atomic E-state index is 2.71. The number of rotatable bonds is 17. The molecule has 0 heterocycles. The third-order valence-corrected chi connectivity index (χ3v) is 13.3. The SMILES string of the molecule is CCCCCC(CC)CCCCCC(C)C(CC)C12CCC(C)C1C(CC)CCC(C)CCCC2(CC)CC. The van der Waals surface area contributed by atoms with Crippen LogP contribution in [-0.2, 0) is 0 Å². The normalized spacial score (nSPS) is 31.9. The van der Waals surface area contributed by atoms with Crippen molar-refractivity contribution in [2.24, 2.45) is 52.3 Å². The van der Waals surface area contributed by atoms with E-state index in [1.165, 1.54) is 135 Å². The molecule has 0 bridgehead atoms. The second kappa shape index (κ2) is 17.8. The molecular weight excluding hydrogens is 468 g/mol. The van der Waals surface area contributed by atoms with E-state index in [4.69, 9.17) is 0 Å². The van der Waals surface area contributed by atoms with Crippen LogP contribution in [0.15, 0.2) is 0 Å². The minimum absolute atomic E-state index is 0.550. The van der Waals surface area contributed by atoms with Gasteiger partial charge >= 0.3 is 0 Å². The first kappa shape index (κ1) is 35.2. The topological polar surface area (TPSA) is 0 Å². The average Bonchev–Trinajstić information content (AvgIpc) is 3.28. The summed E-state index contributed by atoms with van der Waals surface area (Å²) in [5, 5.41) is 0. The van der Waals surface area contributed by atoms with Crippen LogP contribution < -0.4 is 0 Å². The predicted molar refractivity (Wildman–Crippen MR) is 177 cm³/mol. The van der Waals surface area contributed by atoms with E-state index in [-0.39, 0.29) is 0 Å². The smallest absolute Gasteiger partial charge is 0.0177 e. The lowest BCUT2D eigenvalue weighted by molar-refractivity contribution is -0.120. The van der Waals surface area contributed by atoms with Crippen molar-refractivity contribution in [2.75, 3.05) is 0 Å². The largest absolute Gasteiger partial charge is 0.0654 e. The van der Waals surface area contributed by atoms with Crippen LogP contribution in [0.25, 0.3) is 0 Å². The number of hydrogen-bond acceptors (Lipinski definition) is 0. The van der Waals surface area contributed by atoms with Crippen LogP contribution in [0, 0.1) is 52.3 Å². The van der Waals surface area contributed by atoms with E-state index in [1.54, 1.807) is 0 Å². The van der Waals surface area contributed by atoms with Crippen molar-refractivity contribution in [3.63, 3.8) is 0 Å². The van der Waals surface area contributed by atoms with Crippen LogP contribution in [0.3, 0.4) is 0 Å². The van der Waals surface area contributed by atoms with Gasteiger partial charge in [0.2, 0.25) is 0 Å². The van der Waals surface area contributed by atoms with Crippen molar-refractivity contribution in [1.29, 1.82) is 0 Å². The average molecular weight is 545 g/mol. The van der Waals surface area contributed by atoms with Gasteiger partial charge in [-0.15, -0.1) is 0 Å². The molecule has 0 aliphatic heterocycles. The summed E-state index contributed by atoms with van der Waals surface area (Å²) in [7, 11) is 0. The molecule has 0 aromatic heterocycles. The Morgan fingerprint density at radius 1 is 0.692 bits per heavy atom. The fourth-order valence-electron chi connectivity index (χ4n) is 11.0. The lowest BCUT2D eigenvalue weighted by Gasteiger charge is -2.60. The summed E-state index contributed by atoms with van der Waals surface area (Å²) < 4.78 is 0. The zero-order chi connectivity index (χ0) is 28.9.